The van der Waals surface area contributed by atoms with Gasteiger partial charge in [0.1, 0.15) is 11.3 Å². The fraction of sp³-hybridized carbons (Fsp3) is 0.600. The van der Waals surface area contributed by atoms with Crippen LogP contribution in [-0.2, 0) is 0 Å². The fourth-order valence-corrected chi connectivity index (χ4v) is 3.29. The summed E-state index contributed by atoms with van der Waals surface area (Å²) in [6, 6.07) is 5.33. The minimum absolute atomic E-state index is 0.589. The van der Waals surface area contributed by atoms with Crippen LogP contribution < -0.4 is 5.32 Å². The standard InChI is InChI=1S/C15H20N4/c1-10-9-11(6-8-16-10)14-18-13-3-2-7-17-15(13)19(14)12-4-5-12/h2-3,7,10-12,16H,4-6,8-9H2,1H3. The van der Waals surface area contributed by atoms with E-state index in [4.69, 9.17) is 4.98 Å². The van der Waals surface area contributed by atoms with Crippen LogP contribution in [0, 0.1) is 0 Å². The average Bonchev–Trinajstić information content (AvgIpc) is 3.18. The lowest BCUT2D eigenvalue weighted by molar-refractivity contribution is 0.364. The van der Waals surface area contributed by atoms with Crippen molar-refractivity contribution in [3.8, 4) is 0 Å². The first kappa shape index (κ1) is 11.4. The summed E-state index contributed by atoms with van der Waals surface area (Å²) in [6.07, 6.45) is 6.85. The first-order chi connectivity index (χ1) is 9.33. The molecule has 4 rings (SSSR count). The Kier molecular flexibility index (Phi) is 2.58. The summed E-state index contributed by atoms with van der Waals surface area (Å²) in [5.41, 5.74) is 2.15. The number of hydrogen-bond donors (Lipinski definition) is 1. The largest absolute Gasteiger partial charge is 0.314 e. The number of piperidine rings is 1. The second-order valence-corrected chi connectivity index (χ2v) is 5.99. The quantitative estimate of drug-likeness (QED) is 0.898. The molecule has 2 aliphatic rings. The van der Waals surface area contributed by atoms with Gasteiger partial charge in [-0.05, 0) is 51.3 Å². The second kappa shape index (κ2) is 4.30. The molecule has 2 aromatic rings. The van der Waals surface area contributed by atoms with Crippen molar-refractivity contribution in [3.63, 3.8) is 0 Å². The molecule has 0 radical (unpaired) electrons. The first-order valence-corrected chi connectivity index (χ1v) is 7.39. The van der Waals surface area contributed by atoms with Crippen molar-refractivity contribution in [1.29, 1.82) is 0 Å². The van der Waals surface area contributed by atoms with Crippen LogP contribution in [0.4, 0.5) is 0 Å². The molecule has 19 heavy (non-hydrogen) atoms. The molecule has 1 saturated carbocycles. The van der Waals surface area contributed by atoms with E-state index >= 15 is 0 Å². The monoisotopic (exact) mass is 256 g/mol. The molecule has 0 bridgehead atoms. The van der Waals surface area contributed by atoms with Gasteiger partial charge in [-0.25, -0.2) is 9.97 Å². The molecule has 0 aromatic carbocycles. The Morgan fingerprint density at radius 2 is 2.21 bits per heavy atom. The Balaban J connectivity index is 1.81. The van der Waals surface area contributed by atoms with E-state index < -0.39 is 0 Å². The summed E-state index contributed by atoms with van der Waals surface area (Å²) in [5.74, 6) is 1.87. The predicted octanol–water partition coefficient (Wildman–Crippen LogP) is 2.62. The molecule has 4 heteroatoms. The number of pyridine rings is 1. The zero-order valence-electron chi connectivity index (χ0n) is 11.3. The number of aromatic nitrogens is 3. The summed E-state index contributed by atoms with van der Waals surface area (Å²) in [4.78, 5) is 9.47. The lowest BCUT2D eigenvalue weighted by Crippen LogP contribution is -2.35. The van der Waals surface area contributed by atoms with Crippen LogP contribution in [-0.4, -0.2) is 27.1 Å². The number of nitrogens with zero attached hydrogens (tertiary/aromatic N) is 3. The van der Waals surface area contributed by atoms with E-state index in [1.807, 2.05) is 12.3 Å². The highest BCUT2D eigenvalue weighted by Crippen LogP contribution is 2.41. The summed E-state index contributed by atoms with van der Waals surface area (Å²) in [7, 11) is 0. The van der Waals surface area contributed by atoms with E-state index in [0.717, 1.165) is 17.7 Å². The molecule has 2 fully saturated rings. The summed E-state index contributed by atoms with van der Waals surface area (Å²) in [5, 5.41) is 3.53. The van der Waals surface area contributed by atoms with E-state index in [1.54, 1.807) is 0 Å². The Labute approximate surface area is 113 Å². The fourth-order valence-electron chi connectivity index (χ4n) is 3.29. The van der Waals surface area contributed by atoms with Crippen molar-refractivity contribution in [2.45, 2.75) is 50.6 Å². The molecule has 2 atom stereocenters. The topological polar surface area (TPSA) is 42.7 Å². The van der Waals surface area contributed by atoms with Crippen LogP contribution in [0.15, 0.2) is 18.3 Å². The zero-order chi connectivity index (χ0) is 12.8. The Bertz CT molecular complexity index is 599. The lowest BCUT2D eigenvalue weighted by atomic mass is 9.92. The summed E-state index contributed by atoms with van der Waals surface area (Å²) < 4.78 is 2.43. The smallest absolute Gasteiger partial charge is 0.160 e. The van der Waals surface area contributed by atoms with Crippen molar-refractivity contribution in [2.75, 3.05) is 6.54 Å². The highest BCUT2D eigenvalue weighted by molar-refractivity contribution is 5.71. The third kappa shape index (κ3) is 1.94. The van der Waals surface area contributed by atoms with Gasteiger partial charge in [-0.1, -0.05) is 0 Å². The van der Waals surface area contributed by atoms with Gasteiger partial charge < -0.3 is 9.88 Å². The van der Waals surface area contributed by atoms with Crippen LogP contribution in [0.1, 0.15) is 50.4 Å². The maximum atomic E-state index is 4.90. The maximum absolute atomic E-state index is 4.90. The van der Waals surface area contributed by atoms with Crippen molar-refractivity contribution in [3.05, 3.63) is 24.2 Å². The van der Waals surface area contributed by atoms with Gasteiger partial charge in [-0.15, -0.1) is 0 Å². The van der Waals surface area contributed by atoms with Gasteiger partial charge >= 0.3 is 0 Å². The maximum Gasteiger partial charge on any atom is 0.160 e. The van der Waals surface area contributed by atoms with Crippen LogP contribution in [0.25, 0.3) is 11.2 Å². The summed E-state index contributed by atoms with van der Waals surface area (Å²) in [6.45, 7) is 3.38. The predicted molar refractivity (Wildman–Crippen MR) is 75.2 cm³/mol. The number of fused-ring (bicyclic) bond motifs is 1. The second-order valence-electron chi connectivity index (χ2n) is 5.99. The van der Waals surface area contributed by atoms with E-state index in [-0.39, 0.29) is 0 Å². The van der Waals surface area contributed by atoms with Crippen LogP contribution in [0.5, 0.6) is 0 Å². The summed E-state index contributed by atoms with van der Waals surface area (Å²) >= 11 is 0. The van der Waals surface area contributed by atoms with Crippen LogP contribution >= 0.6 is 0 Å². The third-order valence-corrected chi connectivity index (χ3v) is 4.38. The van der Waals surface area contributed by atoms with E-state index in [9.17, 15) is 0 Å². The SMILES string of the molecule is CC1CC(c2nc3cccnc3n2C2CC2)CCN1. The number of imidazole rings is 1. The normalized spacial score (nSPS) is 27.8. The molecule has 1 N–H and O–H groups in total. The van der Waals surface area contributed by atoms with Crippen molar-refractivity contribution < 1.29 is 0 Å². The van der Waals surface area contributed by atoms with E-state index in [0.29, 0.717) is 18.0 Å². The Morgan fingerprint density at radius 1 is 1.32 bits per heavy atom. The molecule has 100 valence electrons. The zero-order valence-corrected chi connectivity index (χ0v) is 11.3. The molecule has 3 heterocycles. The molecule has 1 saturated heterocycles. The Morgan fingerprint density at radius 3 is 3.00 bits per heavy atom. The molecule has 2 aromatic heterocycles. The molecule has 0 spiro atoms. The highest BCUT2D eigenvalue weighted by Gasteiger charge is 2.32. The van der Waals surface area contributed by atoms with Gasteiger partial charge in [-0.2, -0.15) is 0 Å². The minimum Gasteiger partial charge on any atom is -0.314 e. The average molecular weight is 256 g/mol. The third-order valence-electron chi connectivity index (χ3n) is 4.38. The minimum atomic E-state index is 0.589. The molecule has 2 unspecified atom stereocenters. The van der Waals surface area contributed by atoms with Gasteiger partial charge in [0.2, 0.25) is 0 Å². The highest BCUT2D eigenvalue weighted by atomic mass is 15.2. The number of hydrogen-bond acceptors (Lipinski definition) is 3. The van der Waals surface area contributed by atoms with E-state index in [2.05, 4.69) is 27.9 Å². The molecule has 4 nitrogen and oxygen atoms in total. The van der Waals surface area contributed by atoms with Crippen molar-refractivity contribution in [1.82, 2.24) is 19.9 Å². The van der Waals surface area contributed by atoms with Crippen LogP contribution in [0.2, 0.25) is 0 Å². The van der Waals surface area contributed by atoms with Gasteiger partial charge in [-0.3, -0.25) is 0 Å². The molecule has 1 aliphatic carbocycles. The number of rotatable bonds is 2. The van der Waals surface area contributed by atoms with Gasteiger partial charge in [0.05, 0.1) is 0 Å². The number of nitrogens with one attached hydrogen (secondary N) is 1. The van der Waals surface area contributed by atoms with E-state index in [1.165, 1.54) is 31.5 Å². The van der Waals surface area contributed by atoms with Gasteiger partial charge in [0, 0.05) is 24.2 Å². The molecular weight excluding hydrogens is 236 g/mol. The molecule has 1 aliphatic heterocycles. The van der Waals surface area contributed by atoms with Crippen molar-refractivity contribution in [2.24, 2.45) is 0 Å². The lowest BCUT2D eigenvalue weighted by Gasteiger charge is -2.28. The van der Waals surface area contributed by atoms with Crippen LogP contribution in [0.3, 0.4) is 0 Å². The van der Waals surface area contributed by atoms with Crippen molar-refractivity contribution >= 4 is 11.2 Å². The first-order valence-electron chi connectivity index (χ1n) is 7.39. The Hall–Kier alpha value is -1.42. The van der Waals surface area contributed by atoms with Gasteiger partial charge in [0.25, 0.3) is 0 Å². The molecular formula is C15H20N4. The molecule has 0 amide bonds. The van der Waals surface area contributed by atoms with Gasteiger partial charge in [0.15, 0.2) is 5.65 Å².